The van der Waals surface area contributed by atoms with Gasteiger partial charge in [0.2, 0.25) is 0 Å². The van der Waals surface area contributed by atoms with Crippen molar-refractivity contribution in [3.8, 4) is 0 Å². The van der Waals surface area contributed by atoms with Gasteiger partial charge >= 0.3 is 6.16 Å². The summed E-state index contributed by atoms with van der Waals surface area (Å²) in [6.07, 6.45) is 13.8. The van der Waals surface area contributed by atoms with E-state index in [1.807, 2.05) is 0 Å². The Morgan fingerprint density at radius 1 is 0.810 bits per heavy atom. The molecule has 0 rings (SSSR count). The third kappa shape index (κ3) is 28.2. The lowest BCUT2D eigenvalue weighted by Gasteiger charge is -2.00. The SMILES string of the molecule is CCCCCCCCN.CCCCCCCCOC(=O)O. The number of carbonyl (C=O) groups is 1. The van der Waals surface area contributed by atoms with Gasteiger partial charge in [0.25, 0.3) is 0 Å². The van der Waals surface area contributed by atoms with Gasteiger partial charge in [0, 0.05) is 0 Å². The Kier molecular flexibility index (Phi) is 23.1. The van der Waals surface area contributed by atoms with E-state index in [0.29, 0.717) is 6.61 Å². The highest BCUT2D eigenvalue weighted by atomic mass is 16.7. The molecule has 0 aliphatic rings. The summed E-state index contributed by atoms with van der Waals surface area (Å²) in [6.45, 7) is 5.63. The fourth-order valence-electron chi connectivity index (χ4n) is 1.97. The molecule has 0 aromatic carbocycles. The van der Waals surface area contributed by atoms with E-state index in [1.165, 1.54) is 64.2 Å². The third-order valence-electron chi connectivity index (χ3n) is 3.28. The highest BCUT2D eigenvalue weighted by molar-refractivity contribution is 5.56. The summed E-state index contributed by atoms with van der Waals surface area (Å²) in [5.74, 6) is 0. The quantitative estimate of drug-likeness (QED) is 0.355. The van der Waals surface area contributed by atoms with E-state index in [4.69, 9.17) is 10.8 Å². The van der Waals surface area contributed by atoms with Crippen LogP contribution < -0.4 is 5.73 Å². The lowest BCUT2D eigenvalue weighted by atomic mass is 10.1. The van der Waals surface area contributed by atoms with Crippen molar-refractivity contribution >= 4 is 6.16 Å². The smallest absolute Gasteiger partial charge is 0.450 e. The molecule has 0 spiro atoms. The van der Waals surface area contributed by atoms with Crippen LogP contribution in [0.3, 0.4) is 0 Å². The van der Waals surface area contributed by atoms with Gasteiger partial charge in [-0.05, 0) is 19.4 Å². The first-order valence-electron chi connectivity index (χ1n) is 8.74. The number of rotatable bonds is 13. The first-order valence-corrected chi connectivity index (χ1v) is 8.74. The van der Waals surface area contributed by atoms with Crippen LogP contribution in [0.25, 0.3) is 0 Å². The maximum absolute atomic E-state index is 9.91. The number of carboxylic acid groups (broad SMARTS) is 1. The van der Waals surface area contributed by atoms with Crippen LogP contribution in [0, 0.1) is 0 Å². The molecule has 0 atom stereocenters. The number of hydrogen-bond acceptors (Lipinski definition) is 3. The lowest BCUT2D eigenvalue weighted by molar-refractivity contribution is 0.0899. The van der Waals surface area contributed by atoms with Gasteiger partial charge in [-0.25, -0.2) is 4.79 Å². The minimum Gasteiger partial charge on any atom is -0.450 e. The van der Waals surface area contributed by atoms with Crippen molar-refractivity contribution in [2.24, 2.45) is 5.73 Å². The Morgan fingerprint density at radius 2 is 1.24 bits per heavy atom. The topological polar surface area (TPSA) is 72.5 Å². The van der Waals surface area contributed by atoms with Crippen molar-refractivity contribution in [2.45, 2.75) is 90.9 Å². The van der Waals surface area contributed by atoms with E-state index in [2.05, 4.69) is 18.6 Å². The zero-order valence-electron chi connectivity index (χ0n) is 14.2. The molecular weight excluding hydrogens is 266 g/mol. The predicted octanol–water partition coefficient (Wildman–Crippen LogP) is 5.35. The van der Waals surface area contributed by atoms with Crippen molar-refractivity contribution in [3.63, 3.8) is 0 Å². The van der Waals surface area contributed by atoms with Crippen LogP contribution in [0.15, 0.2) is 0 Å². The monoisotopic (exact) mass is 303 g/mol. The van der Waals surface area contributed by atoms with E-state index in [-0.39, 0.29) is 0 Å². The van der Waals surface area contributed by atoms with Crippen molar-refractivity contribution < 1.29 is 14.6 Å². The maximum atomic E-state index is 9.91. The highest BCUT2D eigenvalue weighted by Gasteiger charge is 1.95. The molecule has 0 saturated carbocycles. The molecule has 0 unspecified atom stereocenters. The molecule has 21 heavy (non-hydrogen) atoms. The van der Waals surface area contributed by atoms with Gasteiger partial charge in [0.15, 0.2) is 0 Å². The van der Waals surface area contributed by atoms with Crippen molar-refractivity contribution in [3.05, 3.63) is 0 Å². The van der Waals surface area contributed by atoms with E-state index < -0.39 is 6.16 Å². The Labute approximate surface area is 131 Å². The Bertz CT molecular complexity index is 192. The molecule has 0 radical (unpaired) electrons. The van der Waals surface area contributed by atoms with Crippen LogP contribution >= 0.6 is 0 Å². The zero-order chi connectivity index (χ0) is 16.2. The third-order valence-corrected chi connectivity index (χ3v) is 3.28. The van der Waals surface area contributed by atoms with E-state index >= 15 is 0 Å². The Morgan fingerprint density at radius 3 is 1.67 bits per heavy atom. The molecule has 0 aliphatic heterocycles. The second kappa shape index (κ2) is 21.5. The van der Waals surface area contributed by atoms with Crippen LogP contribution in [0.2, 0.25) is 0 Å². The van der Waals surface area contributed by atoms with E-state index in [1.54, 1.807) is 0 Å². The van der Waals surface area contributed by atoms with Gasteiger partial charge in [-0.2, -0.15) is 0 Å². The molecule has 0 bridgehead atoms. The summed E-state index contributed by atoms with van der Waals surface area (Å²) in [7, 11) is 0. The zero-order valence-corrected chi connectivity index (χ0v) is 14.2. The second-order valence-corrected chi connectivity index (χ2v) is 5.44. The molecule has 4 heteroatoms. The van der Waals surface area contributed by atoms with Crippen LogP contribution in [0.1, 0.15) is 90.9 Å². The predicted molar refractivity (Wildman–Crippen MR) is 89.8 cm³/mol. The summed E-state index contributed by atoms with van der Waals surface area (Å²) < 4.78 is 4.37. The van der Waals surface area contributed by atoms with Crippen molar-refractivity contribution in [2.75, 3.05) is 13.2 Å². The van der Waals surface area contributed by atoms with Crippen LogP contribution in [0.4, 0.5) is 4.79 Å². The van der Waals surface area contributed by atoms with Crippen LogP contribution in [0.5, 0.6) is 0 Å². The first kappa shape index (κ1) is 22.5. The van der Waals surface area contributed by atoms with Gasteiger partial charge in [-0.15, -0.1) is 0 Å². The Hall–Kier alpha value is -0.770. The summed E-state index contributed by atoms with van der Waals surface area (Å²) in [4.78, 5) is 9.91. The largest absolute Gasteiger partial charge is 0.505 e. The summed E-state index contributed by atoms with van der Waals surface area (Å²) in [6, 6.07) is 0. The number of hydrogen-bond donors (Lipinski definition) is 2. The highest BCUT2D eigenvalue weighted by Crippen LogP contribution is 2.05. The molecule has 0 aromatic heterocycles. The fraction of sp³-hybridized carbons (Fsp3) is 0.941. The molecule has 0 amide bonds. The van der Waals surface area contributed by atoms with Gasteiger partial charge in [-0.1, -0.05) is 78.1 Å². The standard InChI is InChI=1S/C9H18O3.C8H19N/c1-2-3-4-5-6-7-8-12-9(10)11;1-2-3-4-5-6-7-8-9/h2-8H2,1H3,(H,10,11);2-9H2,1H3. The molecule has 0 aliphatic carbocycles. The normalized spacial score (nSPS) is 9.86. The molecular formula is C17H37NO3. The number of ether oxygens (including phenoxy) is 1. The summed E-state index contributed by atoms with van der Waals surface area (Å²) in [5, 5.41) is 8.13. The molecule has 4 nitrogen and oxygen atoms in total. The molecule has 128 valence electrons. The lowest BCUT2D eigenvalue weighted by Crippen LogP contribution is -2.01. The number of nitrogens with two attached hydrogens (primary N) is 1. The molecule has 0 saturated heterocycles. The van der Waals surface area contributed by atoms with Gasteiger partial charge in [0.1, 0.15) is 0 Å². The minimum absolute atomic E-state index is 0.349. The maximum Gasteiger partial charge on any atom is 0.505 e. The van der Waals surface area contributed by atoms with Crippen molar-refractivity contribution in [1.29, 1.82) is 0 Å². The fourth-order valence-corrected chi connectivity index (χ4v) is 1.97. The van der Waals surface area contributed by atoms with Gasteiger partial charge in [0.05, 0.1) is 6.61 Å². The average molecular weight is 303 g/mol. The Balaban J connectivity index is 0. The second-order valence-electron chi connectivity index (χ2n) is 5.44. The summed E-state index contributed by atoms with van der Waals surface area (Å²) in [5.41, 5.74) is 5.34. The van der Waals surface area contributed by atoms with E-state index in [9.17, 15) is 4.79 Å². The summed E-state index contributed by atoms with van der Waals surface area (Å²) >= 11 is 0. The molecule has 0 fully saturated rings. The van der Waals surface area contributed by atoms with E-state index in [0.717, 1.165) is 19.4 Å². The first-order chi connectivity index (χ1) is 10.2. The molecule has 0 aromatic rings. The van der Waals surface area contributed by atoms with Gasteiger partial charge < -0.3 is 15.6 Å². The van der Waals surface area contributed by atoms with Crippen LogP contribution in [-0.2, 0) is 4.74 Å². The number of unbranched alkanes of at least 4 members (excludes halogenated alkanes) is 10. The molecule has 3 N–H and O–H groups in total. The van der Waals surface area contributed by atoms with Crippen LogP contribution in [-0.4, -0.2) is 24.4 Å². The minimum atomic E-state index is -1.16. The average Bonchev–Trinajstić information content (AvgIpc) is 2.47. The van der Waals surface area contributed by atoms with Gasteiger partial charge in [-0.3, -0.25) is 0 Å². The van der Waals surface area contributed by atoms with Crippen molar-refractivity contribution in [1.82, 2.24) is 0 Å². The molecule has 0 heterocycles.